The fourth-order valence-electron chi connectivity index (χ4n) is 4.85. The van der Waals surface area contributed by atoms with Crippen molar-refractivity contribution in [3.05, 3.63) is 113 Å². The van der Waals surface area contributed by atoms with E-state index in [1.807, 2.05) is 60.7 Å². The number of carbonyl (C=O) groups is 1. The van der Waals surface area contributed by atoms with Crippen LogP contribution in [0.3, 0.4) is 0 Å². The van der Waals surface area contributed by atoms with Crippen LogP contribution in [-0.2, 0) is 11.2 Å². The van der Waals surface area contributed by atoms with Crippen molar-refractivity contribution in [2.45, 2.75) is 31.8 Å². The highest BCUT2D eigenvalue weighted by atomic mass is 79.9. The zero-order valence-electron chi connectivity index (χ0n) is 20.5. The number of nitrogens with zero attached hydrogens (tertiary/aromatic N) is 3. The van der Waals surface area contributed by atoms with Crippen molar-refractivity contribution < 1.29 is 4.79 Å². The Bertz CT molecular complexity index is 1410. The van der Waals surface area contributed by atoms with E-state index in [9.17, 15) is 4.79 Å². The standard InChI is InChI=1S/C29H28BrN5OS/c1-2-20-9-3-4-12-23(20)32-26(36)15-18-35-28(27(33-29(35)37)24-13-5-6-16-31-24)25-14-8-17-34(25)22-11-7-10-21(30)19-22/h3-14,16-17,19,27-28H,2,15,18H2,1H3,(H,32,36)(H,33,37)/t27-,28-/m0/s1. The maximum absolute atomic E-state index is 13.0. The lowest BCUT2D eigenvalue weighted by Gasteiger charge is -2.29. The van der Waals surface area contributed by atoms with Gasteiger partial charge in [0.2, 0.25) is 5.91 Å². The number of nitrogens with one attached hydrogen (secondary N) is 2. The van der Waals surface area contributed by atoms with Crippen LogP contribution in [0, 0.1) is 0 Å². The van der Waals surface area contributed by atoms with Gasteiger partial charge in [-0.05, 0) is 72.7 Å². The van der Waals surface area contributed by atoms with Gasteiger partial charge in [0.15, 0.2) is 5.11 Å². The van der Waals surface area contributed by atoms with E-state index in [1.165, 1.54) is 0 Å². The SMILES string of the molecule is CCc1ccccc1NC(=O)CCN1C(=S)N[C@@H](c2ccccn2)[C@@H]1c1cccn1-c1cccc(Br)c1. The topological polar surface area (TPSA) is 62.2 Å². The lowest BCUT2D eigenvalue weighted by molar-refractivity contribution is -0.116. The zero-order chi connectivity index (χ0) is 25.8. The Labute approximate surface area is 230 Å². The number of para-hydroxylation sites is 1. The molecule has 2 aromatic carbocycles. The van der Waals surface area contributed by atoms with Gasteiger partial charge in [0.05, 0.1) is 17.8 Å². The molecule has 1 aliphatic rings. The van der Waals surface area contributed by atoms with Gasteiger partial charge in [0, 0.05) is 46.9 Å². The molecule has 2 N–H and O–H groups in total. The smallest absolute Gasteiger partial charge is 0.226 e. The molecule has 0 unspecified atom stereocenters. The zero-order valence-corrected chi connectivity index (χ0v) is 22.9. The molecule has 8 heteroatoms. The second-order valence-electron chi connectivity index (χ2n) is 8.91. The molecule has 2 atom stereocenters. The number of amides is 1. The van der Waals surface area contributed by atoms with Crippen LogP contribution in [0.1, 0.15) is 42.4 Å². The first-order valence-electron chi connectivity index (χ1n) is 12.3. The van der Waals surface area contributed by atoms with Gasteiger partial charge in [0.1, 0.15) is 0 Å². The first-order valence-corrected chi connectivity index (χ1v) is 13.5. The molecule has 2 aromatic heterocycles. The summed E-state index contributed by atoms with van der Waals surface area (Å²) < 4.78 is 3.18. The molecule has 0 spiro atoms. The summed E-state index contributed by atoms with van der Waals surface area (Å²) in [6.07, 6.45) is 5.02. The number of pyridine rings is 1. The van der Waals surface area contributed by atoms with Crippen molar-refractivity contribution in [1.82, 2.24) is 19.8 Å². The minimum Gasteiger partial charge on any atom is -0.352 e. The predicted molar refractivity (Wildman–Crippen MR) is 155 cm³/mol. The second kappa shape index (κ2) is 11.3. The fourth-order valence-corrected chi connectivity index (χ4v) is 5.57. The normalized spacial score (nSPS) is 17.0. The summed E-state index contributed by atoms with van der Waals surface area (Å²) >= 11 is 9.40. The van der Waals surface area contributed by atoms with Gasteiger partial charge in [-0.3, -0.25) is 9.78 Å². The lowest BCUT2D eigenvalue weighted by Crippen LogP contribution is -2.33. The summed E-state index contributed by atoms with van der Waals surface area (Å²) in [6.45, 7) is 2.56. The summed E-state index contributed by atoms with van der Waals surface area (Å²) in [5, 5.41) is 7.18. The summed E-state index contributed by atoms with van der Waals surface area (Å²) in [7, 11) is 0. The number of benzene rings is 2. The molecular weight excluding hydrogens is 546 g/mol. The van der Waals surface area contributed by atoms with Crippen LogP contribution in [0.15, 0.2) is 95.7 Å². The highest BCUT2D eigenvalue weighted by Crippen LogP contribution is 2.39. The van der Waals surface area contributed by atoms with E-state index >= 15 is 0 Å². The van der Waals surface area contributed by atoms with Gasteiger partial charge < -0.3 is 20.1 Å². The molecule has 3 heterocycles. The average molecular weight is 575 g/mol. The molecule has 37 heavy (non-hydrogen) atoms. The monoisotopic (exact) mass is 573 g/mol. The van der Waals surface area contributed by atoms with E-state index in [-0.39, 0.29) is 18.0 Å². The van der Waals surface area contributed by atoms with Gasteiger partial charge >= 0.3 is 0 Å². The molecule has 1 amide bonds. The average Bonchev–Trinajstić information content (AvgIpc) is 3.52. The number of halogens is 1. The molecule has 1 fully saturated rings. The second-order valence-corrected chi connectivity index (χ2v) is 10.2. The number of carbonyl (C=O) groups excluding carboxylic acids is 1. The predicted octanol–water partition coefficient (Wildman–Crippen LogP) is 6.20. The summed E-state index contributed by atoms with van der Waals surface area (Å²) in [5.41, 5.74) is 5.00. The van der Waals surface area contributed by atoms with Crippen molar-refractivity contribution in [2.75, 3.05) is 11.9 Å². The highest BCUT2D eigenvalue weighted by Gasteiger charge is 2.41. The lowest BCUT2D eigenvalue weighted by atomic mass is 10.0. The van der Waals surface area contributed by atoms with E-state index in [0.29, 0.717) is 18.1 Å². The van der Waals surface area contributed by atoms with Crippen molar-refractivity contribution in [3.63, 3.8) is 0 Å². The highest BCUT2D eigenvalue weighted by molar-refractivity contribution is 9.10. The third-order valence-electron chi connectivity index (χ3n) is 6.62. The maximum Gasteiger partial charge on any atom is 0.226 e. The van der Waals surface area contributed by atoms with Crippen molar-refractivity contribution >= 4 is 44.9 Å². The van der Waals surface area contributed by atoms with Gasteiger partial charge in [-0.2, -0.15) is 0 Å². The Morgan fingerprint density at radius 3 is 2.70 bits per heavy atom. The Kier molecular flexibility index (Phi) is 7.67. The van der Waals surface area contributed by atoms with Crippen molar-refractivity contribution in [3.8, 4) is 5.69 Å². The van der Waals surface area contributed by atoms with Crippen LogP contribution in [0.25, 0.3) is 5.69 Å². The summed E-state index contributed by atoms with van der Waals surface area (Å²) in [4.78, 5) is 19.7. The molecule has 1 saturated heterocycles. The molecule has 5 rings (SSSR count). The minimum absolute atomic E-state index is 0.0360. The van der Waals surface area contributed by atoms with Crippen LogP contribution in [-0.4, -0.2) is 32.0 Å². The number of thiocarbonyl (C=S) groups is 1. The van der Waals surface area contributed by atoms with Gasteiger partial charge in [0.25, 0.3) is 0 Å². The van der Waals surface area contributed by atoms with Crippen LogP contribution < -0.4 is 10.6 Å². The van der Waals surface area contributed by atoms with E-state index in [4.69, 9.17) is 12.2 Å². The van der Waals surface area contributed by atoms with E-state index in [2.05, 4.69) is 72.3 Å². The summed E-state index contributed by atoms with van der Waals surface area (Å²) in [6, 6.07) is 25.9. The van der Waals surface area contributed by atoms with E-state index in [1.54, 1.807) is 6.20 Å². The van der Waals surface area contributed by atoms with E-state index in [0.717, 1.165) is 39.2 Å². The number of hydrogen-bond acceptors (Lipinski definition) is 3. The molecule has 0 saturated carbocycles. The maximum atomic E-state index is 13.0. The third-order valence-corrected chi connectivity index (χ3v) is 7.47. The Hall–Kier alpha value is -3.49. The molecule has 188 valence electrons. The van der Waals surface area contributed by atoms with Crippen LogP contribution in [0.5, 0.6) is 0 Å². The first kappa shape index (κ1) is 25.2. The minimum atomic E-state index is -0.154. The molecule has 4 aromatic rings. The quantitative estimate of drug-likeness (QED) is 0.246. The van der Waals surface area contributed by atoms with Crippen molar-refractivity contribution in [2.24, 2.45) is 0 Å². The fraction of sp³-hybridized carbons (Fsp3) is 0.207. The van der Waals surface area contributed by atoms with Gasteiger partial charge in [-0.1, -0.05) is 53.2 Å². The van der Waals surface area contributed by atoms with Gasteiger partial charge in [-0.25, -0.2) is 0 Å². The number of aryl methyl sites for hydroxylation is 1. The van der Waals surface area contributed by atoms with Crippen molar-refractivity contribution in [1.29, 1.82) is 0 Å². The molecule has 0 radical (unpaired) electrons. The van der Waals surface area contributed by atoms with E-state index < -0.39 is 0 Å². The number of aromatic nitrogens is 2. The number of anilines is 1. The van der Waals surface area contributed by atoms with Crippen LogP contribution in [0.2, 0.25) is 0 Å². The van der Waals surface area contributed by atoms with Crippen LogP contribution >= 0.6 is 28.1 Å². The number of rotatable bonds is 8. The molecule has 1 aliphatic heterocycles. The molecular formula is C29H28BrN5OS. The Balaban J connectivity index is 1.44. The third kappa shape index (κ3) is 5.45. The Morgan fingerprint density at radius 1 is 1.08 bits per heavy atom. The molecule has 0 bridgehead atoms. The number of hydrogen-bond donors (Lipinski definition) is 2. The largest absolute Gasteiger partial charge is 0.352 e. The van der Waals surface area contributed by atoms with Gasteiger partial charge in [-0.15, -0.1) is 0 Å². The summed E-state index contributed by atoms with van der Waals surface area (Å²) in [5.74, 6) is -0.0360. The van der Waals surface area contributed by atoms with Crippen LogP contribution in [0.4, 0.5) is 5.69 Å². The first-order chi connectivity index (χ1) is 18.0. The molecule has 6 nitrogen and oxygen atoms in total. The molecule has 0 aliphatic carbocycles. The Morgan fingerprint density at radius 2 is 1.92 bits per heavy atom.